The van der Waals surface area contributed by atoms with Crippen molar-refractivity contribution in [1.29, 1.82) is 0 Å². The molecule has 0 aliphatic carbocycles. The molecule has 1 nitrogen and oxygen atoms in total. The average Bonchev–Trinajstić information content (AvgIpc) is 0. The molecular formula is H3CrFeNNi. The van der Waals surface area contributed by atoms with Crippen LogP contribution in [0.5, 0.6) is 0 Å². The Hall–Kier alpha value is 1.51. The van der Waals surface area contributed by atoms with Crippen LogP contribution in [0.15, 0.2) is 0 Å². The molecule has 0 unspecified atom stereocenters. The van der Waals surface area contributed by atoms with E-state index in [4.69, 9.17) is 0 Å². The van der Waals surface area contributed by atoms with Crippen molar-refractivity contribution < 1.29 is 50.9 Å². The van der Waals surface area contributed by atoms with Crippen molar-refractivity contribution in [2.75, 3.05) is 0 Å². The van der Waals surface area contributed by atoms with Crippen molar-refractivity contribution >= 4 is 0 Å². The van der Waals surface area contributed by atoms with Crippen LogP contribution in [0.2, 0.25) is 0 Å². The maximum atomic E-state index is 0. The van der Waals surface area contributed by atoms with E-state index >= 15 is 0 Å². The van der Waals surface area contributed by atoms with E-state index in [9.17, 15) is 0 Å². The summed E-state index contributed by atoms with van der Waals surface area (Å²) < 4.78 is 0. The Kier molecular flexibility index (Phi) is 301. The van der Waals surface area contributed by atoms with Crippen LogP contribution in [0.4, 0.5) is 0 Å². The van der Waals surface area contributed by atoms with Crippen LogP contribution in [0, 0.1) is 0 Å². The molecule has 0 saturated carbocycles. The summed E-state index contributed by atoms with van der Waals surface area (Å²) in [6, 6.07) is 0. The third-order valence-electron chi connectivity index (χ3n) is 0. The van der Waals surface area contributed by atoms with E-state index in [0.717, 1.165) is 0 Å². The minimum absolute atomic E-state index is 0. The molecule has 4 heavy (non-hydrogen) atoms. The molecule has 3 N–H and O–H groups in total. The fourth-order valence-electron chi connectivity index (χ4n) is 0. The summed E-state index contributed by atoms with van der Waals surface area (Å²) in [5, 5.41) is 0. The summed E-state index contributed by atoms with van der Waals surface area (Å²) in [4.78, 5) is 0. The van der Waals surface area contributed by atoms with Gasteiger partial charge in [-0.05, 0) is 0 Å². The van der Waals surface area contributed by atoms with Crippen molar-refractivity contribution in [2.24, 2.45) is 0 Å². The van der Waals surface area contributed by atoms with Gasteiger partial charge >= 0.3 is 0 Å². The van der Waals surface area contributed by atoms with Crippen LogP contribution < -0.4 is 6.15 Å². The smallest absolute Gasteiger partial charge is 0 e. The molecule has 0 aliphatic heterocycles. The van der Waals surface area contributed by atoms with E-state index in [0.29, 0.717) is 0 Å². The normalized spacial score (nSPS) is 0. The summed E-state index contributed by atoms with van der Waals surface area (Å²) in [6.07, 6.45) is 0. The summed E-state index contributed by atoms with van der Waals surface area (Å²) in [5.41, 5.74) is 0. The monoisotopic (exact) mass is 183 g/mol. The van der Waals surface area contributed by atoms with Gasteiger partial charge in [-0.3, -0.25) is 0 Å². The van der Waals surface area contributed by atoms with Gasteiger partial charge in [0.15, 0.2) is 0 Å². The van der Waals surface area contributed by atoms with Crippen molar-refractivity contribution in [1.82, 2.24) is 6.15 Å². The van der Waals surface area contributed by atoms with Gasteiger partial charge in [0, 0.05) is 50.9 Å². The van der Waals surface area contributed by atoms with Gasteiger partial charge in [0.05, 0.1) is 0 Å². The van der Waals surface area contributed by atoms with Crippen molar-refractivity contribution in [3.8, 4) is 0 Å². The predicted molar refractivity (Wildman–Crippen MR) is 5.02 cm³/mol. The molecule has 0 spiro atoms. The van der Waals surface area contributed by atoms with E-state index in [2.05, 4.69) is 0 Å². The Morgan fingerprint density at radius 3 is 1.00 bits per heavy atom. The van der Waals surface area contributed by atoms with Gasteiger partial charge in [0.1, 0.15) is 0 Å². The van der Waals surface area contributed by atoms with Gasteiger partial charge in [-0.25, -0.2) is 0 Å². The van der Waals surface area contributed by atoms with Crippen molar-refractivity contribution in [2.45, 2.75) is 0 Å². The molecule has 0 fully saturated rings. The molecule has 0 radical (unpaired) electrons. The van der Waals surface area contributed by atoms with Crippen molar-refractivity contribution in [3.05, 3.63) is 0 Å². The molecule has 0 bridgehead atoms. The zero-order chi connectivity index (χ0) is 0. The summed E-state index contributed by atoms with van der Waals surface area (Å²) >= 11 is 0. The van der Waals surface area contributed by atoms with E-state index in [1.807, 2.05) is 0 Å². The molecule has 0 aromatic rings. The topological polar surface area (TPSA) is 35.0 Å². The van der Waals surface area contributed by atoms with Gasteiger partial charge in [-0.1, -0.05) is 0 Å². The minimum atomic E-state index is 0. The van der Waals surface area contributed by atoms with Crippen LogP contribution >= 0.6 is 0 Å². The quantitative estimate of drug-likeness (QED) is 0.534. The van der Waals surface area contributed by atoms with Crippen LogP contribution in [0.3, 0.4) is 0 Å². The maximum Gasteiger partial charge on any atom is 0 e. The molecule has 32 valence electrons. The standard InChI is InChI=1S/Cr.Fe.H3N.Ni/h;;1H3;. The first-order chi connectivity index (χ1) is 0. The van der Waals surface area contributed by atoms with Gasteiger partial charge in [0.2, 0.25) is 0 Å². The average molecular weight is 184 g/mol. The largest absolute Gasteiger partial charge is 0.344 e. The van der Waals surface area contributed by atoms with E-state index in [1.165, 1.54) is 0 Å². The number of hydrogen-bond acceptors (Lipinski definition) is 1. The zero-order valence-corrected chi connectivity index (χ0v) is 5.15. The third kappa shape index (κ3) is 9.71. The fourth-order valence-corrected chi connectivity index (χ4v) is 0. The van der Waals surface area contributed by atoms with Crippen LogP contribution in [-0.4, -0.2) is 0 Å². The summed E-state index contributed by atoms with van der Waals surface area (Å²) in [7, 11) is 0. The third-order valence-corrected chi connectivity index (χ3v) is 0. The minimum Gasteiger partial charge on any atom is -0.344 e. The number of hydrogen-bond donors (Lipinski definition) is 1. The van der Waals surface area contributed by atoms with Gasteiger partial charge in [-0.2, -0.15) is 0 Å². The molecule has 0 heterocycles. The molecular weight excluding hydrogens is 181 g/mol. The first-order valence-corrected chi connectivity index (χ1v) is 0. The Morgan fingerprint density at radius 2 is 1.00 bits per heavy atom. The Labute approximate surface area is 57.0 Å². The first-order valence-electron chi connectivity index (χ1n) is 0. The van der Waals surface area contributed by atoms with Crippen molar-refractivity contribution in [3.63, 3.8) is 0 Å². The summed E-state index contributed by atoms with van der Waals surface area (Å²) in [6.45, 7) is 0. The van der Waals surface area contributed by atoms with Gasteiger partial charge in [0.25, 0.3) is 0 Å². The van der Waals surface area contributed by atoms with E-state index in [1.54, 1.807) is 0 Å². The SMILES string of the molecule is N.[Cr].[Fe].[Ni]. The fraction of sp³-hybridized carbons (Fsp3) is 0. The molecule has 4 heteroatoms. The van der Waals surface area contributed by atoms with Crippen LogP contribution in [0.1, 0.15) is 0 Å². The Bertz CT molecular complexity index is 8.00. The maximum absolute atomic E-state index is 0. The van der Waals surface area contributed by atoms with Crippen LogP contribution in [-0.2, 0) is 50.9 Å². The van der Waals surface area contributed by atoms with E-state index < -0.39 is 0 Å². The molecule has 0 aromatic carbocycles. The van der Waals surface area contributed by atoms with Gasteiger partial charge in [-0.15, -0.1) is 0 Å². The molecule has 0 aliphatic rings. The molecule has 0 atom stereocenters. The molecule has 0 saturated heterocycles. The summed E-state index contributed by atoms with van der Waals surface area (Å²) in [5.74, 6) is 0. The Morgan fingerprint density at radius 1 is 1.00 bits per heavy atom. The second-order valence-corrected chi connectivity index (χ2v) is 0. The second kappa shape index (κ2) is 24.4. The molecule has 0 aromatic heterocycles. The predicted octanol–water partition coefficient (Wildman–Crippen LogP) is 0.154. The first kappa shape index (κ1) is 49.3. The van der Waals surface area contributed by atoms with Crippen LogP contribution in [0.25, 0.3) is 0 Å². The number of rotatable bonds is 0. The molecule has 0 amide bonds. The zero-order valence-electron chi connectivity index (χ0n) is 1.79. The molecule has 0 rings (SSSR count). The second-order valence-electron chi connectivity index (χ2n) is 0. The van der Waals surface area contributed by atoms with E-state index in [-0.39, 0.29) is 57.1 Å². The Balaban J connectivity index is 0. The van der Waals surface area contributed by atoms with Gasteiger partial charge < -0.3 is 6.15 Å².